The highest BCUT2D eigenvalue weighted by Crippen LogP contribution is 2.28. The molecule has 2 unspecified atom stereocenters. The van der Waals surface area contributed by atoms with Crippen LogP contribution in [0.2, 0.25) is 10.0 Å². The van der Waals surface area contributed by atoms with E-state index in [1.165, 1.54) is 15.7 Å². The predicted octanol–water partition coefficient (Wildman–Crippen LogP) is 2.90. The van der Waals surface area contributed by atoms with E-state index in [1.54, 1.807) is 60.8 Å². The minimum absolute atomic E-state index is 0.0593. The Balaban J connectivity index is 1.53. The Kier molecular flexibility index (Phi) is 8.27. The van der Waals surface area contributed by atoms with Crippen LogP contribution < -0.4 is 10.1 Å². The molecule has 188 valence electrons. The quantitative estimate of drug-likeness (QED) is 0.371. The Labute approximate surface area is 217 Å². The lowest BCUT2D eigenvalue weighted by atomic mass is 10.0. The van der Waals surface area contributed by atoms with E-state index in [9.17, 15) is 14.7 Å². The van der Waals surface area contributed by atoms with E-state index >= 15 is 0 Å². The molecule has 0 saturated carbocycles. The number of amides is 2. The lowest BCUT2D eigenvalue weighted by Crippen LogP contribution is -2.47. The van der Waals surface area contributed by atoms with Crippen molar-refractivity contribution in [3.63, 3.8) is 0 Å². The highest BCUT2D eigenvalue weighted by molar-refractivity contribution is 6.32. The smallest absolute Gasteiger partial charge is 0.251 e. The summed E-state index contributed by atoms with van der Waals surface area (Å²) < 4.78 is 7.23. The van der Waals surface area contributed by atoms with Gasteiger partial charge in [0.15, 0.2) is 5.82 Å². The molecule has 0 fully saturated rings. The Morgan fingerprint density at radius 2 is 1.83 bits per heavy atom. The van der Waals surface area contributed by atoms with Crippen LogP contribution >= 0.6 is 23.2 Å². The second-order valence-corrected chi connectivity index (χ2v) is 8.98. The molecular weight excluding hydrogens is 507 g/mol. The molecule has 1 aliphatic heterocycles. The van der Waals surface area contributed by atoms with Crippen molar-refractivity contribution in [3.05, 3.63) is 88.2 Å². The molecule has 2 atom stereocenters. The highest BCUT2D eigenvalue weighted by atomic mass is 35.5. The van der Waals surface area contributed by atoms with Gasteiger partial charge < -0.3 is 25.2 Å². The zero-order valence-electron chi connectivity index (χ0n) is 19.1. The van der Waals surface area contributed by atoms with Gasteiger partial charge in [0.05, 0.1) is 30.8 Å². The topological polar surface area (TPSA) is 117 Å². The third-order valence-electron chi connectivity index (χ3n) is 5.52. The highest BCUT2D eigenvalue weighted by Gasteiger charge is 2.35. The van der Waals surface area contributed by atoms with Crippen LogP contribution in [0.4, 0.5) is 5.82 Å². The fraction of sp³-hybridized carbons (Fsp3) is 0.240. The van der Waals surface area contributed by atoms with E-state index in [4.69, 9.17) is 33.0 Å². The van der Waals surface area contributed by atoms with Gasteiger partial charge >= 0.3 is 0 Å². The number of hydrogen-bond acceptors (Lipinski definition) is 6. The van der Waals surface area contributed by atoms with Gasteiger partial charge in [0, 0.05) is 29.8 Å². The Hall–Kier alpha value is -3.37. The molecule has 9 nitrogen and oxygen atoms in total. The van der Waals surface area contributed by atoms with E-state index in [0.717, 1.165) is 0 Å². The summed E-state index contributed by atoms with van der Waals surface area (Å²) in [5.74, 6) is 0.140. The lowest BCUT2D eigenvalue weighted by molar-refractivity contribution is -0.133. The number of anilines is 1. The van der Waals surface area contributed by atoms with Gasteiger partial charge in [-0.2, -0.15) is 5.10 Å². The second-order valence-electron chi connectivity index (χ2n) is 8.17. The van der Waals surface area contributed by atoms with Crippen LogP contribution in [0.15, 0.2) is 72.6 Å². The number of hydrogen-bond donors (Lipinski definition) is 3. The maximum absolute atomic E-state index is 13.4. The van der Waals surface area contributed by atoms with Crippen LogP contribution in [-0.2, 0) is 22.6 Å². The molecule has 1 aromatic heterocycles. The van der Waals surface area contributed by atoms with Crippen molar-refractivity contribution < 1.29 is 24.5 Å². The Bertz CT molecular complexity index is 1280. The average molecular weight is 531 g/mol. The normalized spacial score (nSPS) is 14.9. The van der Waals surface area contributed by atoms with E-state index in [1.807, 2.05) is 0 Å². The van der Waals surface area contributed by atoms with E-state index in [2.05, 4.69) is 10.4 Å². The average Bonchev–Trinajstić information content (AvgIpc) is 3.45. The minimum Gasteiger partial charge on any atom is -0.458 e. The molecule has 2 heterocycles. The third kappa shape index (κ3) is 6.24. The monoisotopic (exact) mass is 530 g/mol. The number of carbonyl (C=O) groups excluding carboxylic acids is 2. The number of aliphatic hydroxyl groups excluding tert-OH is 2. The largest absolute Gasteiger partial charge is 0.458 e. The molecule has 1 aliphatic rings. The lowest BCUT2D eigenvalue weighted by Gasteiger charge is -2.27. The van der Waals surface area contributed by atoms with Crippen LogP contribution in [-0.4, -0.2) is 62.0 Å². The molecule has 2 aromatic carbocycles. The second kappa shape index (κ2) is 11.6. The van der Waals surface area contributed by atoms with Crippen LogP contribution in [0.3, 0.4) is 0 Å². The van der Waals surface area contributed by atoms with Gasteiger partial charge in [-0.1, -0.05) is 53.5 Å². The van der Waals surface area contributed by atoms with Crippen molar-refractivity contribution in [2.24, 2.45) is 0 Å². The molecule has 0 spiro atoms. The first kappa shape index (κ1) is 25.7. The first-order valence-electron chi connectivity index (χ1n) is 11.1. The van der Waals surface area contributed by atoms with Gasteiger partial charge in [-0.25, -0.2) is 0 Å². The molecule has 36 heavy (non-hydrogen) atoms. The molecule has 2 amide bonds. The molecule has 0 saturated heterocycles. The van der Waals surface area contributed by atoms with E-state index in [0.29, 0.717) is 27.1 Å². The van der Waals surface area contributed by atoms with Crippen molar-refractivity contribution in [2.45, 2.75) is 25.1 Å². The summed E-state index contributed by atoms with van der Waals surface area (Å²) >= 11 is 12.5. The summed E-state index contributed by atoms with van der Waals surface area (Å²) in [6.45, 7) is -0.291. The molecule has 3 aromatic rings. The molecule has 0 bridgehead atoms. The molecule has 4 rings (SSSR count). The third-order valence-corrected chi connectivity index (χ3v) is 6.20. The van der Waals surface area contributed by atoms with Crippen LogP contribution in [0.1, 0.15) is 5.56 Å². The number of aromatic nitrogens is 2. The van der Waals surface area contributed by atoms with E-state index in [-0.39, 0.29) is 31.2 Å². The molecule has 0 radical (unpaired) electrons. The predicted molar refractivity (Wildman–Crippen MR) is 135 cm³/mol. The van der Waals surface area contributed by atoms with Crippen molar-refractivity contribution in [1.29, 1.82) is 0 Å². The maximum Gasteiger partial charge on any atom is 0.251 e. The number of benzene rings is 2. The molecular formula is C25H24Cl2N4O5. The van der Waals surface area contributed by atoms with Gasteiger partial charge in [-0.15, -0.1) is 0 Å². The summed E-state index contributed by atoms with van der Waals surface area (Å²) in [6, 6.07) is 14.6. The van der Waals surface area contributed by atoms with Gasteiger partial charge in [0.2, 0.25) is 5.91 Å². The number of aliphatic hydroxyl groups is 2. The summed E-state index contributed by atoms with van der Waals surface area (Å²) in [6.07, 6.45) is 2.08. The minimum atomic E-state index is -0.980. The number of halogens is 2. The number of nitrogens with one attached hydrogen (secondary N) is 1. The van der Waals surface area contributed by atoms with Crippen molar-refractivity contribution in [1.82, 2.24) is 14.7 Å². The van der Waals surface area contributed by atoms with Crippen molar-refractivity contribution in [3.8, 4) is 5.75 Å². The summed E-state index contributed by atoms with van der Waals surface area (Å²) in [5, 5.41) is 26.5. The number of carbonyl (C=O) groups is 2. The van der Waals surface area contributed by atoms with Gasteiger partial charge in [-0.3, -0.25) is 14.3 Å². The van der Waals surface area contributed by atoms with Crippen molar-refractivity contribution in [2.75, 3.05) is 18.5 Å². The SMILES string of the molecule is O=C(Nc1ccn(CC(O)CO)n1)C(Cc1ccccc1Cl)N1CC(Oc2ccccc2Cl)=CC1=O. The molecule has 3 N–H and O–H groups in total. The number of ether oxygens (including phenoxy) is 1. The summed E-state index contributed by atoms with van der Waals surface area (Å²) in [4.78, 5) is 27.7. The maximum atomic E-state index is 13.4. The Morgan fingerprint density at radius 1 is 1.11 bits per heavy atom. The van der Waals surface area contributed by atoms with Gasteiger partial charge in [0.1, 0.15) is 17.6 Å². The molecule has 11 heteroatoms. The molecule has 0 aliphatic carbocycles. The Morgan fingerprint density at radius 3 is 2.56 bits per heavy atom. The zero-order chi connectivity index (χ0) is 25.7. The van der Waals surface area contributed by atoms with Crippen LogP contribution in [0.5, 0.6) is 5.75 Å². The van der Waals surface area contributed by atoms with Gasteiger partial charge in [-0.05, 0) is 23.8 Å². The summed E-state index contributed by atoms with van der Waals surface area (Å²) in [5.41, 5.74) is 0.698. The van der Waals surface area contributed by atoms with Crippen LogP contribution in [0.25, 0.3) is 0 Å². The van der Waals surface area contributed by atoms with E-state index < -0.39 is 24.7 Å². The van der Waals surface area contributed by atoms with Gasteiger partial charge in [0.25, 0.3) is 5.91 Å². The number of para-hydroxylation sites is 1. The van der Waals surface area contributed by atoms with Crippen molar-refractivity contribution >= 4 is 40.8 Å². The van der Waals surface area contributed by atoms with Crippen LogP contribution in [0, 0.1) is 0 Å². The number of rotatable bonds is 10. The number of nitrogens with zero attached hydrogens (tertiary/aromatic N) is 3. The fourth-order valence-corrected chi connectivity index (χ4v) is 4.12. The summed E-state index contributed by atoms with van der Waals surface area (Å²) in [7, 11) is 0. The fourth-order valence-electron chi connectivity index (χ4n) is 3.74. The standard InChI is InChI=1S/C25H24Cl2N4O5/c26-19-6-2-1-5-16(19)11-21(25(35)28-23-9-10-30(29-23)13-17(33)15-32)31-14-18(12-24(31)34)36-22-8-4-3-7-20(22)27/h1-10,12,17,21,32-33H,11,13-15H2,(H,28,29,35). The first-order chi connectivity index (χ1) is 17.3. The first-order valence-corrected chi connectivity index (χ1v) is 11.9. The zero-order valence-corrected chi connectivity index (χ0v) is 20.6.